The summed E-state index contributed by atoms with van der Waals surface area (Å²) in [6, 6.07) is 7.00. The van der Waals surface area contributed by atoms with E-state index >= 15 is 0 Å². The van der Waals surface area contributed by atoms with Crippen LogP contribution in [-0.4, -0.2) is 32.1 Å². The monoisotopic (exact) mass is 430 g/mol. The lowest BCUT2D eigenvalue weighted by molar-refractivity contribution is 0.204. The van der Waals surface area contributed by atoms with Gasteiger partial charge in [-0.2, -0.15) is 0 Å². The zero-order chi connectivity index (χ0) is 22.9. The summed E-state index contributed by atoms with van der Waals surface area (Å²) in [4.78, 5) is 7.05. The van der Waals surface area contributed by atoms with Crippen LogP contribution < -0.4 is 5.46 Å². The van der Waals surface area contributed by atoms with Crippen molar-refractivity contribution in [2.24, 2.45) is 22.7 Å². The van der Waals surface area contributed by atoms with Gasteiger partial charge in [-0.25, -0.2) is 4.99 Å². The molecule has 1 aromatic rings. The molecule has 2 atom stereocenters. The Kier molecular flexibility index (Phi) is 9.44. The predicted molar refractivity (Wildman–Crippen MR) is 144 cm³/mol. The van der Waals surface area contributed by atoms with E-state index in [2.05, 4.69) is 69.0 Å². The average Bonchev–Trinajstić information content (AvgIpc) is 3.58. The predicted octanol–water partition coefficient (Wildman–Crippen LogP) is 5.63. The zero-order valence-electron chi connectivity index (χ0n) is 20.8. The maximum absolute atomic E-state index is 4.66. The van der Waals surface area contributed by atoms with E-state index < -0.39 is 0 Å². The molecular formula is C29H43BN2. The molecule has 2 nitrogen and oxygen atoms in total. The fourth-order valence-corrected chi connectivity index (χ4v) is 5.44. The fraction of sp³-hybridized carbons (Fsp3) is 0.552. The lowest BCUT2D eigenvalue weighted by Crippen LogP contribution is -2.33. The van der Waals surface area contributed by atoms with Gasteiger partial charge in [-0.15, -0.1) is 6.58 Å². The van der Waals surface area contributed by atoms with E-state index in [9.17, 15) is 0 Å². The maximum Gasteiger partial charge on any atom is 0.139 e. The molecular weight excluding hydrogens is 387 g/mol. The standard InChI is InChI=1S/C29H43BN2/c1-5-9-23(7-3)21-31-22(4)32-17-15-25(16-18-32)28-20-27(28)12-8-11-24-13-14-26(10-6-2)29(30)19-24/h6-7,13-14,19,21,25,27-28H,2,4-5,8-12,15-18,20,30H2,1,3H3/b23-7-,31-21-. The second kappa shape index (κ2) is 12.3. The number of likely N-dealkylation sites (tertiary alicyclic amines) is 1. The number of piperidine rings is 1. The van der Waals surface area contributed by atoms with Crippen molar-refractivity contribution < 1.29 is 0 Å². The van der Waals surface area contributed by atoms with Crippen LogP contribution in [0.25, 0.3) is 0 Å². The van der Waals surface area contributed by atoms with Crippen molar-refractivity contribution in [2.45, 2.75) is 71.6 Å². The number of nitrogens with zero attached hydrogens (tertiary/aromatic N) is 2. The van der Waals surface area contributed by atoms with Gasteiger partial charge in [-0.3, -0.25) is 0 Å². The van der Waals surface area contributed by atoms with Crippen LogP contribution >= 0.6 is 0 Å². The molecule has 1 heterocycles. The highest BCUT2D eigenvalue weighted by atomic mass is 15.2. The molecule has 1 aromatic carbocycles. The van der Waals surface area contributed by atoms with Gasteiger partial charge in [-0.1, -0.05) is 61.3 Å². The fourth-order valence-electron chi connectivity index (χ4n) is 5.44. The molecule has 1 aliphatic heterocycles. The van der Waals surface area contributed by atoms with E-state index in [0.717, 1.165) is 55.9 Å². The first kappa shape index (κ1) is 24.6. The van der Waals surface area contributed by atoms with E-state index in [0.29, 0.717) is 0 Å². The van der Waals surface area contributed by atoms with Crippen molar-refractivity contribution in [1.29, 1.82) is 0 Å². The summed E-state index contributed by atoms with van der Waals surface area (Å²) < 4.78 is 0. The van der Waals surface area contributed by atoms with Crippen LogP contribution in [0, 0.1) is 17.8 Å². The number of hydrogen-bond acceptors (Lipinski definition) is 2. The largest absolute Gasteiger partial charge is 0.357 e. The third kappa shape index (κ3) is 6.99. The number of benzene rings is 1. The molecule has 3 heteroatoms. The summed E-state index contributed by atoms with van der Waals surface area (Å²) in [7, 11) is 2.23. The Balaban J connectivity index is 1.35. The van der Waals surface area contributed by atoms with Crippen molar-refractivity contribution in [3.8, 4) is 0 Å². The molecule has 0 radical (unpaired) electrons. The van der Waals surface area contributed by atoms with Gasteiger partial charge >= 0.3 is 0 Å². The zero-order valence-corrected chi connectivity index (χ0v) is 20.8. The Labute approximate surface area is 198 Å². The normalized spacial score (nSPS) is 21.8. The van der Waals surface area contributed by atoms with E-state index in [1.165, 1.54) is 60.7 Å². The number of hydrogen-bond donors (Lipinski definition) is 0. The highest BCUT2D eigenvalue weighted by Crippen LogP contribution is 2.50. The third-order valence-corrected chi connectivity index (χ3v) is 7.59. The summed E-state index contributed by atoms with van der Waals surface area (Å²) in [5.41, 5.74) is 5.64. The van der Waals surface area contributed by atoms with Gasteiger partial charge < -0.3 is 4.90 Å². The molecule has 1 saturated heterocycles. The average molecular weight is 430 g/mol. The first-order valence-corrected chi connectivity index (χ1v) is 12.9. The van der Waals surface area contributed by atoms with Crippen LogP contribution in [0.15, 0.2) is 59.9 Å². The molecule has 2 fully saturated rings. The number of aryl methyl sites for hydroxylation is 1. The second-order valence-corrected chi connectivity index (χ2v) is 9.92. The van der Waals surface area contributed by atoms with E-state index in [4.69, 9.17) is 0 Å². The van der Waals surface area contributed by atoms with Crippen molar-refractivity contribution >= 4 is 19.5 Å². The minimum absolute atomic E-state index is 0.916. The Morgan fingerprint density at radius 1 is 1.28 bits per heavy atom. The minimum atomic E-state index is 0.916. The van der Waals surface area contributed by atoms with Gasteiger partial charge in [0, 0.05) is 19.3 Å². The molecule has 2 aliphatic rings. The quantitative estimate of drug-likeness (QED) is 0.238. The summed E-state index contributed by atoms with van der Waals surface area (Å²) in [6.45, 7) is 14.7. The number of aliphatic imine (C=N–C) groups is 1. The molecule has 1 aliphatic carbocycles. The van der Waals surface area contributed by atoms with Crippen molar-refractivity contribution in [2.75, 3.05) is 13.1 Å². The van der Waals surface area contributed by atoms with Crippen molar-refractivity contribution in [3.63, 3.8) is 0 Å². The molecule has 2 unspecified atom stereocenters. The first-order valence-electron chi connectivity index (χ1n) is 12.9. The van der Waals surface area contributed by atoms with Gasteiger partial charge in [0.2, 0.25) is 0 Å². The van der Waals surface area contributed by atoms with E-state index in [-0.39, 0.29) is 0 Å². The Hall–Kier alpha value is -2.03. The molecule has 32 heavy (non-hydrogen) atoms. The SMILES string of the molecule is Bc1cc(CCCC2CC2C2CCN(C(=C)/N=C\C(=C/C)CCC)CC2)ccc1CC=C. The van der Waals surface area contributed by atoms with Gasteiger partial charge in [0.1, 0.15) is 13.7 Å². The van der Waals surface area contributed by atoms with E-state index in [1.54, 1.807) is 0 Å². The molecule has 1 saturated carbocycles. The summed E-state index contributed by atoms with van der Waals surface area (Å²) in [5, 5.41) is 0. The van der Waals surface area contributed by atoms with E-state index in [1.807, 2.05) is 12.3 Å². The van der Waals surface area contributed by atoms with Crippen LogP contribution in [0.5, 0.6) is 0 Å². The lowest BCUT2D eigenvalue weighted by Gasteiger charge is -2.33. The molecule has 0 amide bonds. The minimum Gasteiger partial charge on any atom is -0.357 e. The van der Waals surface area contributed by atoms with Crippen LogP contribution in [0.3, 0.4) is 0 Å². The number of allylic oxidation sites excluding steroid dienone is 3. The van der Waals surface area contributed by atoms with Crippen LogP contribution in [0.1, 0.15) is 69.9 Å². The molecule has 172 valence electrons. The number of rotatable bonds is 12. The molecule has 0 N–H and O–H groups in total. The lowest BCUT2D eigenvalue weighted by atomic mass is 9.86. The molecule has 0 bridgehead atoms. The molecule has 0 aromatic heterocycles. The van der Waals surface area contributed by atoms with Crippen molar-refractivity contribution in [1.82, 2.24) is 4.90 Å². The second-order valence-electron chi connectivity index (χ2n) is 9.92. The third-order valence-electron chi connectivity index (χ3n) is 7.59. The molecule has 3 rings (SSSR count). The Morgan fingerprint density at radius 3 is 2.72 bits per heavy atom. The first-order chi connectivity index (χ1) is 15.5. The van der Waals surface area contributed by atoms with Crippen LogP contribution in [0.2, 0.25) is 0 Å². The van der Waals surface area contributed by atoms with Crippen LogP contribution in [0.4, 0.5) is 0 Å². The van der Waals surface area contributed by atoms with Crippen LogP contribution in [-0.2, 0) is 12.8 Å². The van der Waals surface area contributed by atoms with Gasteiger partial charge in [0.15, 0.2) is 0 Å². The summed E-state index contributed by atoms with van der Waals surface area (Å²) >= 11 is 0. The van der Waals surface area contributed by atoms with Crippen molar-refractivity contribution in [3.05, 3.63) is 66.0 Å². The highest BCUT2D eigenvalue weighted by molar-refractivity contribution is 6.33. The smallest absolute Gasteiger partial charge is 0.139 e. The highest BCUT2D eigenvalue weighted by Gasteiger charge is 2.42. The Morgan fingerprint density at radius 2 is 2.06 bits per heavy atom. The Bertz CT molecular complexity index is 830. The van der Waals surface area contributed by atoms with Gasteiger partial charge in [0.25, 0.3) is 0 Å². The topological polar surface area (TPSA) is 15.6 Å². The van der Waals surface area contributed by atoms with Gasteiger partial charge in [-0.05, 0) is 87.2 Å². The maximum atomic E-state index is 4.66. The summed E-state index contributed by atoms with van der Waals surface area (Å²) in [6.07, 6.45) is 17.4. The summed E-state index contributed by atoms with van der Waals surface area (Å²) in [5.74, 6) is 3.81. The van der Waals surface area contributed by atoms with Gasteiger partial charge in [0.05, 0.1) is 0 Å². The molecule has 0 spiro atoms.